The second kappa shape index (κ2) is 8.91. The van der Waals surface area contributed by atoms with Crippen LogP contribution in [0.4, 0.5) is 13.2 Å². The number of nitrogens with zero attached hydrogens (tertiary/aromatic N) is 5. The molecule has 3 heterocycles. The van der Waals surface area contributed by atoms with Gasteiger partial charge in [0.1, 0.15) is 11.4 Å². The predicted octanol–water partition coefficient (Wildman–Crippen LogP) is 6.39. The van der Waals surface area contributed by atoms with Crippen molar-refractivity contribution in [1.82, 2.24) is 24.7 Å². The number of thioether (sulfide) groups is 1. The van der Waals surface area contributed by atoms with Gasteiger partial charge in [-0.15, -0.1) is 22.0 Å². The van der Waals surface area contributed by atoms with Crippen molar-refractivity contribution in [3.63, 3.8) is 0 Å². The van der Waals surface area contributed by atoms with Gasteiger partial charge in [0.15, 0.2) is 11.6 Å². The zero-order valence-electron chi connectivity index (χ0n) is 17.1. The van der Waals surface area contributed by atoms with Crippen molar-refractivity contribution >= 4 is 23.4 Å². The van der Waals surface area contributed by atoms with E-state index in [1.54, 1.807) is 29.6 Å². The first-order chi connectivity index (χ1) is 15.3. The molecule has 32 heavy (non-hydrogen) atoms. The van der Waals surface area contributed by atoms with Crippen molar-refractivity contribution < 1.29 is 13.2 Å². The van der Waals surface area contributed by atoms with Gasteiger partial charge in [0.05, 0.1) is 5.56 Å². The maximum atomic E-state index is 13.1. The molecule has 0 aliphatic heterocycles. The van der Waals surface area contributed by atoms with Gasteiger partial charge in [0, 0.05) is 34.9 Å². The summed E-state index contributed by atoms with van der Waals surface area (Å²) in [4.78, 5) is 9.55. The van der Waals surface area contributed by atoms with Crippen LogP contribution in [-0.4, -0.2) is 30.5 Å². The van der Waals surface area contributed by atoms with Gasteiger partial charge in [-0.1, -0.05) is 30.7 Å². The summed E-state index contributed by atoms with van der Waals surface area (Å²) in [5.41, 5.74) is 1.78. The first-order valence-electron chi connectivity index (χ1n) is 9.60. The Balaban J connectivity index is 1.76. The van der Waals surface area contributed by atoms with Crippen LogP contribution in [0.5, 0.6) is 0 Å². The van der Waals surface area contributed by atoms with Crippen LogP contribution in [0.25, 0.3) is 34.2 Å². The number of hydrogen-bond donors (Lipinski definition) is 0. The summed E-state index contributed by atoms with van der Waals surface area (Å²) in [5, 5.41) is 8.96. The third kappa shape index (κ3) is 4.49. The standard InChI is InChI=1S/C22H17ClF3N5S/c1-3-32-18-10-14(13-4-6-16(23)7-5-13)12-28-19(18)21-30-29-20(31(21)2)17-11-15(8-9-27-17)22(24,25)26/h4-12H,3H2,1-2H3. The third-order valence-corrected chi connectivity index (χ3v) is 5.90. The highest BCUT2D eigenvalue weighted by Crippen LogP contribution is 2.35. The van der Waals surface area contributed by atoms with Gasteiger partial charge in [0.25, 0.3) is 0 Å². The fraction of sp³-hybridized carbons (Fsp3) is 0.182. The topological polar surface area (TPSA) is 56.5 Å². The van der Waals surface area contributed by atoms with Crippen molar-refractivity contribution in [3.8, 4) is 34.2 Å². The second-order valence-electron chi connectivity index (χ2n) is 6.84. The number of benzene rings is 1. The van der Waals surface area contributed by atoms with Gasteiger partial charge in [0.2, 0.25) is 0 Å². The van der Waals surface area contributed by atoms with Crippen LogP contribution in [0.2, 0.25) is 5.02 Å². The minimum absolute atomic E-state index is 0.0866. The molecule has 0 N–H and O–H groups in total. The number of pyridine rings is 2. The molecule has 0 amide bonds. The number of rotatable bonds is 5. The quantitative estimate of drug-likeness (QED) is 0.313. The Bertz CT molecular complexity index is 1260. The first kappa shape index (κ1) is 22.3. The molecule has 4 aromatic rings. The highest BCUT2D eigenvalue weighted by molar-refractivity contribution is 7.99. The van der Waals surface area contributed by atoms with Crippen LogP contribution in [-0.2, 0) is 13.2 Å². The molecule has 1 aromatic carbocycles. The summed E-state index contributed by atoms with van der Waals surface area (Å²) in [5.74, 6) is 1.47. The molecule has 0 saturated carbocycles. The molecule has 0 bridgehead atoms. The number of halogens is 4. The minimum Gasteiger partial charge on any atom is -0.307 e. The lowest BCUT2D eigenvalue weighted by atomic mass is 10.1. The zero-order valence-corrected chi connectivity index (χ0v) is 18.6. The summed E-state index contributed by atoms with van der Waals surface area (Å²) < 4.78 is 40.9. The van der Waals surface area contributed by atoms with Gasteiger partial charge >= 0.3 is 6.18 Å². The van der Waals surface area contributed by atoms with E-state index in [1.807, 2.05) is 37.3 Å². The lowest BCUT2D eigenvalue weighted by Crippen LogP contribution is -2.06. The molecule has 0 aliphatic rings. The molecule has 0 unspecified atom stereocenters. The molecule has 0 radical (unpaired) electrons. The molecule has 0 spiro atoms. The fourth-order valence-electron chi connectivity index (χ4n) is 3.17. The van der Waals surface area contributed by atoms with Gasteiger partial charge in [-0.25, -0.2) is 0 Å². The van der Waals surface area contributed by atoms with Crippen molar-refractivity contribution in [2.24, 2.45) is 7.05 Å². The Hall–Kier alpha value is -2.91. The fourth-order valence-corrected chi connectivity index (χ4v) is 4.09. The molecule has 164 valence electrons. The van der Waals surface area contributed by atoms with Gasteiger partial charge in [-0.3, -0.25) is 9.97 Å². The van der Waals surface area contributed by atoms with E-state index in [0.29, 0.717) is 16.5 Å². The Kier molecular flexibility index (Phi) is 6.21. The van der Waals surface area contributed by atoms with E-state index < -0.39 is 11.7 Å². The maximum Gasteiger partial charge on any atom is 0.416 e. The van der Waals surface area contributed by atoms with Crippen LogP contribution in [0.1, 0.15) is 12.5 Å². The minimum atomic E-state index is -4.47. The van der Waals surface area contributed by atoms with Crippen molar-refractivity contribution in [3.05, 3.63) is 65.4 Å². The predicted molar refractivity (Wildman–Crippen MR) is 119 cm³/mol. The maximum absolute atomic E-state index is 13.1. The van der Waals surface area contributed by atoms with Gasteiger partial charge < -0.3 is 4.57 Å². The Morgan fingerprint density at radius 2 is 1.69 bits per heavy atom. The number of aromatic nitrogens is 5. The van der Waals surface area contributed by atoms with Gasteiger partial charge in [-0.2, -0.15) is 13.2 Å². The van der Waals surface area contributed by atoms with Crippen LogP contribution >= 0.6 is 23.4 Å². The van der Waals surface area contributed by atoms with Crippen LogP contribution in [0.15, 0.2) is 59.8 Å². The van der Waals surface area contributed by atoms with E-state index in [9.17, 15) is 13.2 Å². The molecular weight excluding hydrogens is 459 g/mol. The highest BCUT2D eigenvalue weighted by atomic mass is 35.5. The average molecular weight is 476 g/mol. The number of hydrogen-bond acceptors (Lipinski definition) is 5. The molecule has 5 nitrogen and oxygen atoms in total. The SMILES string of the molecule is CCSc1cc(-c2ccc(Cl)cc2)cnc1-c1nnc(-c2cc(C(F)(F)F)ccn2)n1C. The summed E-state index contributed by atoms with van der Waals surface area (Å²) in [6.07, 6.45) is -1.62. The molecule has 4 rings (SSSR count). The van der Waals surface area contributed by atoms with E-state index in [0.717, 1.165) is 40.1 Å². The van der Waals surface area contributed by atoms with E-state index in [1.165, 1.54) is 0 Å². The number of alkyl halides is 3. The molecule has 0 aliphatic carbocycles. The molecule has 0 saturated heterocycles. The Labute approximate surface area is 191 Å². The van der Waals surface area contributed by atoms with E-state index >= 15 is 0 Å². The molecular formula is C22H17ClF3N5S. The average Bonchev–Trinajstić information content (AvgIpc) is 3.15. The molecule has 3 aromatic heterocycles. The summed E-state index contributed by atoms with van der Waals surface area (Å²) in [6.45, 7) is 2.03. The van der Waals surface area contributed by atoms with Crippen LogP contribution < -0.4 is 0 Å². The zero-order chi connectivity index (χ0) is 22.9. The molecule has 10 heteroatoms. The third-order valence-electron chi connectivity index (χ3n) is 4.73. The van der Waals surface area contributed by atoms with Gasteiger partial charge in [-0.05, 0) is 41.6 Å². The summed E-state index contributed by atoms with van der Waals surface area (Å²) in [7, 11) is 1.68. The van der Waals surface area contributed by atoms with E-state index in [2.05, 4.69) is 20.2 Å². The van der Waals surface area contributed by atoms with Crippen molar-refractivity contribution in [2.45, 2.75) is 18.0 Å². The van der Waals surface area contributed by atoms with Crippen LogP contribution in [0, 0.1) is 0 Å². The monoisotopic (exact) mass is 475 g/mol. The normalized spacial score (nSPS) is 11.7. The lowest BCUT2D eigenvalue weighted by Gasteiger charge is -2.11. The second-order valence-corrected chi connectivity index (χ2v) is 8.59. The highest BCUT2D eigenvalue weighted by Gasteiger charge is 2.31. The Morgan fingerprint density at radius 1 is 0.969 bits per heavy atom. The first-order valence-corrected chi connectivity index (χ1v) is 11.0. The van der Waals surface area contributed by atoms with E-state index in [4.69, 9.17) is 11.6 Å². The Morgan fingerprint density at radius 3 is 2.38 bits per heavy atom. The largest absolute Gasteiger partial charge is 0.416 e. The van der Waals surface area contributed by atoms with Crippen molar-refractivity contribution in [1.29, 1.82) is 0 Å². The van der Waals surface area contributed by atoms with Crippen LogP contribution in [0.3, 0.4) is 0 Å². The lowest BCUT2D eigenvalue weighted by molar-refractivity contribution is -0.137. The molecule has 0 atom stereocenters. The van der Waals surface area contributed by atoms with Crippen molar-refractivity contribution in [2.75, 3.05) is 5.75 Å². The summed E-state index contributed by atoms with van der Waals surface area (Å²) >= 11 is 7.58. The molecule has 0 fully saturated rings. The smallest absolute Gasteiger partial charge is 0.307 e. The van der Waals surface area contributed by atoms with E-state index in [-0.39, 0.29) is 11.5 Å². The summed E-state index contributed by atoms with van der Waals surface area (Å²) in [6, 6.07) is 11.4.